The van der Waals surface area contributed by atoms with Crippen LogP contribution in [0.4, 0.5) is 17.6 Å². The summed E-state index contributed by atoms with van der Waals surface area (Å²) in [6, 6.07) is 9.23. The zero-order valence-electron chi connectivity index (χ0n) is 16.0. The van der Waals surface area contributed by atoms with Crippen LogP contribution in [0, 0.1) is 5.82 Å². The molecular formula is C21H18F4N2O3. The first-order chi connectivity index (χ1) is 13.9. The van der Waals surface area contributed by atoms with Crippen LogP contribution in [-0.2, 0) is 0 Å². The van der Waals surface area contributed by atoms with Gasteiger partial charge in [-0.1, -0.05) is 18.2 Å². The van der Waals surface area contributed by atoms with E-state index < -0.39 is 35.5 Å². The number of amides is 1. The number of hydrogen-bond acceptors (Lipinski definition) is 4. The van der Waals surface area contributed by atoms with Crippen molar-refractivity contribution in [3.8, 4) is 5.75 Å². The summed E-state index contributed by atoms with van der Waals surface area (Å²) < 4.78 is 54.9. The van der Waals surface area contributed by atoms with Gasteiger partial charge in [0.2, 0.25) is 0 Å². The number of aliphatic hydroxyl groups is 1. The van der Waals surface area contributed by atoms with E-state index in [9.17, 15) is 27.5 Å². The molecule has 2 aromatic carbocycles. The number of carbonyl (C=O) groups excluding carboxylic acids is 1. The summed E-state index contributed by atoms with van der Waals surface area (Å²) in [6.45, 7) is 2.86. The number of benzene rings is 2. The maximum Gasteiger partial charge on any atom is 0.573 e. The topological polar surface area (TPSA) is 71.5 Å². The molecule has 0 aliphatic carbocycles. The lowest BCUT2D eigenvalue weighted by Crippen LogP contribution is -2.42. The first-order valence-electron chi connectivity index (χ1n) is 8.87. The van der Waals surface area contributed by atoms with Gasteiger partial charge in [0.1, 0.15) is 11.6 Å². The van der Waals surface area contributed by atoms with E-state index in [1.54, 1.807) is 12.1 Å². The highest BCUT2D eigenvalue weighted by molar-refractivity contribution is 6.05. The Kier molecular flexibility index (Phi) is 5.67. The summed E-state index contributed by atoms with van der Waals surface area (Å²) in [6.07, 6.45) is -3.37. The summed E-state index contributed by atoms with van der Waals surface area (Å²) in [4.78, 5) is 17.0. The molecule has 0 saturated carbocycles. The van der Waals surface area contributed by atoms with Crippen molar-refractivity contribution in [3.05, 3.63) is 71.7 Å². The summed E-state index contributed by atoms with van der Waals surface area (Å²) in [5.41, 5.74) is -0.908. The average Bonchev–Trinajstić information content (AvgIpc) is 2.64. The van der Waals surface area contributed by atoms with Crippen molar-refractivity contribution >= 4 is 16.8 Å². The molecule has 0 aliphatic heterocycles. The van der Waals surface area contributed by atoms with E-state index in [4.69, 9.17) is 0 Å². The molecule has 0 spiro atoms. The maximum atomic E-state index is 14.0. The number of ether oxygens (including phenoxy) is 1. The van der Waals surface area contributed by atoms with Crippen molar-refractivity contribution < 1.29 is 32.2 Å². The van der Waals surface area contributed by atoms with Crippen LogP contribution in [0.5, 0.6) is 5.75 Å². The first kappa shape index (κ1) is 21.5. The second-order valence-electron chi connectivity index (χ2n) is 7.21. The minimum Gasteiger partial charge on any atom is -0.406 e. The number of aromatic nitrogens is 1. The molecule has 0 unspecified atom stereocenters. The normalized spacial score (nSPS) is 13.2. The van der Waals surface area contributed by atoms with Crippen molar-refractivity contribution in [1.82, 2.24) is 10.3 Å². The van der Waals surface area contributed by atoms with Crippen molar-refractivity contribution in [2.45, 2.75) is 31.9 Å². The molecule has 5 nitrogen and oxygen atoms in total. The minimum absolute atomic E-state index is 0.0307. The highest BCUT2D eigenvalue weighted by atomic mass is 19.4. The van der Waals surface area contributed by atoms with Crippen molar-refractivity contribution in [1.29, 1.82) is 0 Å². The number of halogens is 4. The number of alkyl halides is 3. The molecule has 0 fully saturated rings. The summed E-state index contributed by atoms with van der Waals surface area (Å²) >= 11 is 0. The molecule has 30 heavy (non-hydrogen) atoms. The molecule has 1 aromatic heterocycles. The number of rotatable bonds is 5. The Morgan fingerprint density at radius 1 is 1.13 bits per heavy atom. The molecule has 158 valence electrons. The average molecular weight is 422 g/mol. The molecule has 2 N–H and O–H groups in total. The lowest BCUT2D eigenvalue weighted by Gasteiger charge is -2.31. The Morgan fingerprint density at radius 3 is 2.40 bits per heavy atom. The van der Waals surface area contributed by atoms with Crippen LogP contribution in [-0.4, -0.2) is 28.0 Å². The minimum atomic E-state index is -4.84. The molecule has 1 heterocycles. The molecule has 0 radical (unpaired) electrons. The molecule has 1 amide bonds. The third-order valence-electron chi connectivity index (χ3n) is 4.34. The van der Waals surface area contributed by atoms with Crippen molar-refractivity contribution in [3.63, 3.8) is 0 Å². The monoisotopic (exact) mass is 422 g/mol. The van der Waals surface area contributed by atoms with Gasteiger partial charge in [-0.05, 0) is 49.7 Å². The van der Waals surface area contributed by atoms with Gasteiger partial charge >= 0.3 is 6.36 Å². The van der Waals surface area contributed by atoms with Gasteiger partial charge in [-0.25, -0.2) is 4.39 Å². The smallest absolute Gasteiger partial charge is 0.406 e. The lowest BCUT2D eigenvalue weighted by atomic mass is 9.91. The van der Waals surface area contributed by atoms with E-state index in [1.165, 1.54) is 38.2 Å². The number of fused-ring (bicyclic) bond motifs is 1. The molecule has 9 heteroatoms. The van der Waals surface area contributed by atoms with Crippen molar-refractivity contribution in [2.75, 3.05) is 0 Å². The summed E-state index contributed by atoms with van der Waals surface area (Å²) in [5, 5.41) is 13.6. The van der Waals surface area contributed by atoms with Gasteiger partial charge in [0.05, 0.1) is 22.7 Å². The largest absolute Gasteiger partial charge is 0.573 e. The zero-order chi connectivity index (χ0) is 22.1. The van der Waals surface area contributed by atoms with Crippen LogP contribution >= 0.6 is 0 Å². The highest BCUT2D eigenvalue weighted by Crippen LogP contribution is 2.30. The number of pyridine rings is 1. The first-order valence-corrected chi connectivity index (χ1v) is 8.87. The van der Waals surface area contributed by atoms with Crippen molar-refractivity contribution in [2.24, 2.45) is 0 Å². The Morgan fingerprint density at radius 2 is 1.80 bits per heavy atom. The van der Waals surface area contributed by atoms with Gasteiger partial charge in [0.25, 0.3) is 5.91 Å². The fourth-order valence-electron chi connectivity index (χ4n) is 3.07. The van der Waals surface area contributed by atoms with E-state index in [0.29, 0.717) is 10.9 Å². The number of hydrogen-bond donors (Lipinski definition) is 2. The highest BCUT2D eigenvalue weighted by Gasteiger charge is 2.33. The lowest BCUT2D eigenvalue weighted by molar-refractivity contribution is -0.274. The summed E-state index contributed by atoms with van der Waals surface area (Å²) in [7, 11) is 0. The molecule has 3 rings (SSSR count). The van der Waals surface area contributed by atoms with Crippen LogP contribution in [0.1, 0.15) is 35.8 Å². The molecule has 0 saturated heterocycles. The Labute approximate surface area is 169 Å². The fraction of sp³-hybridized carbons (Fsp3) is 0.238. The fourth-order valence-corrected chi connectivity index (χ4v) is 3.07. The third-order valence-corrected chi connectivity index (χ3v) is 4.34. The molecular weight excluding hydrogens is 404 g/mol. The SMILES string of the molecule is CC(C)(O)[C@H](NC(=O)c1cc(F)cc2cccnc12)c1ccc(OC(F)(F)F)cc1. The Balaban J connectivity index is 1.92. The number of carbonyl (C=O) groups is 1. The predicted octanol–water partition coefficient (Wildman–Crippen LogP) is 4.51. The number of nitrogens with one attached hydrogen (secondary N) is 1. The Hall–Kier alpha value is -3.20. The van der Waals surface area contributed by atoms with E-state index in [1.807, 2.05) is 0 Å². The Bertz CT molecular complexity index is 1060. The predicted molar refractivity (Wildman–Crippen MR) is 101 cm³/mol. The molecule has 3 aromatic rings. The quantitative estimate of drug-likeness (QED) is 0.594. The molecule has 0 bridgehead atoms. The van der Waals surface area contributed by atoms with Crippen LogP contribution in [0.25, 0.3) is 10.9 Å². The van der Waals surface area contributed by atoms with Crippen LogP contribution in [0.2, 0.25) is 0 Å². The zero-order valence-corrected chi connectivity index (χ0v) is 16.0. The van der Waals surface area contributed by atoms with E-state index in [2.05, 4.69) is 15.0 Å². The van der Waals surface area contributed by atoms with Gasteiger partial charge in [0.15, 0.2) is 0 Å². The van der Waals surface area contributed by atoms with Gasteiger partial charge in [0, 0.05) is 11.6 Å². The van der Waals surface area contributed by atoms with Gasteiger partial charge < -0.3 is 15.2 Å². The standard InChI is InChI=1S/C21H18F4N2O3/c1-20(2,29)18(12-5-7-15(8-6-12)30-21(23,24)25)27-19(28)16-11-14(22)10-13-4-3-9-26-17(13)16/h3-11,18,29H,1-2H3,(H,27,28)/t18-/m1/s1. The van der Waals surface area contributed by atoms with Gasteiger partial charge in [-0.3, -0.25) is 9.78 Å². The second kappa shape index (κ2) is 7.91. The van der Waals surface area contributed by atoms with Gasteiger partial charge in [-0.15, -0.1) is 13.2 Å². The number of nitrogens with zero attached hydrogens (tertiary/aromatic N) is 1. The third kappa shape index (κ3) is 5.04. The summed E-state index contributed by atoms with van der Waals surface area (Å²) in [5.74, 6) is -1.76. The molecule has 0 aliphatic rings. The van der Waals surface area contributed by atoms with Gasteiger partial charge in [-0.2, -0.15) is 0 Å². The van der Waals surface area contributed by atoms with E-state index in [-0.39, 0.29) is 11.1 Å². The van der Waals surface area contributed by atoms with Crippen LogP contribution < -0.4 is 10.1 Å². The van der Waals surface area contributed by atoms with E-state index >= 15 is 0 Å². The maximum absolute atomic E-state index is 14.0. The van der Waals surface area contributed by atoms with E-state index in [0.717, 1.165) is 18.2 Å². The second-order valence-corrected chi connectivity index (χ2v) is 7.21. The van der Waals surface area contributed by atoms with Crippen LogP contribution in [0.15, 0.2) is 54.7 Å². The molecule has 1 atom stereocenters. The van der Waals surface area contributed by atoms with Crippen LogP contribution in [0.3, 0.4) is 0 Å².